The van der Waals surface area contributed by atoms with Gasteiger partial charge in [-0.1, -0.05) is 13.8 Å². The summed E-state index contributed by atoms with van der Waals surface area (Å²) in [5.74, 6) is -0.722. The van der Waals surface area contributed by atoms with E-state index in [0.29, 0.717) is 0 Å². The number of carbonyl (C=O) groups is 1. The summed E-state index contributed by atoms with van der Waals surface area (Å²) in [6.45, 7) is 3.12. The molecule has 1 saturated heterocycles. The molecule has 0 unspecified atom stereocenters. The quantitative estimate of drug-likeness (QED) is 0.593. The molecule has 0 saturated carbocycles. The third-order valence-corrected chi connectivity index (χ3v) is 3.32. The second-order valence-electron chi connectivity index (χ2n) is 5.37. The van der Waals surface area contributed by atoms with Crippen molar-refractivity contribution in [2.75, 3.05) is 12.3 Å². The molecular weight excluding hydrogens is 330 g/mol. The van der Waals surface area contributed by atoms with Gasteiger partial charge in [0.25, 0.3) is 0 Å². The first-order valence-electron chi connectivity index (χ1n) is 6.84. The zero-order valence-corrected chi connectivity index (χ0v) is 13.5. The van der Waals surface area contributed by atoms with E-state index in [1.807, 2.05) is 0 Å². The number of hydrogen-bond acceptors (Lipinski definition) is 8. The molecule has 0 aromatic carbocycles. The van der Waals surface area contributed by atoms with Gasteiger partial charge in [0.15, 0.2) is 6.23 Å². The molecule has 1 fully saturated rings. The summed E-state index contributed by atoms with van der Waals surface area (Å²) in [5, 5.41) is 20.0. The molecule has 0 amide bonds. The van der Waals surface area contributed by atoms with Crippen molar-refractivity contribution in [2.45, 2.75) is 38.4 Å². The molecule has 2 rings (SSSR count). The number of hydrogen-bond donors (Lipinski definition) is 3. The Morgan fingerprint density at radius 3 is 2.70 bits per heavy atom. The van der Waals surface area contributed by atoms with Crippen molar-refractivity contribution in [1.82, 2.24) is 9.55 Å². The first kappa shape index (κ1) is 19.4. The van der Waals surface area contributed by atoms with Crippen LogP contribution in [0.25, 0.3) is 0 Å². The summed E-state index contributed by atoms with van der Waals surface area (Å²) >= 11 is 0. The predicted molar refractivity (Wildman–Crippen MR) is 81.9 cm³/mol. The van der Waals surface area contributed by atoms with E-state index in [0.717, 1.165) is 4.57 Å². The number of nitrogen functional groups attached to an aromatic ring is 1. The number of aromatic nitrogens is 2. The maximum Gasteiger partial charge on any atom is 0.351 e. The number of nitrogens with zero attached hydrogens (tertiary/aromatic N) is 2. The number of esters is 1. The molecule has 0 radical (unpaired) electrons. The Hall–Kier alpha value is -1.68. The normalized spacial score (nSPS) is 26.8. The van der Waals surface area contributed by atoms with Crippen LogP contribution in [0.1, 0.15) is 20.1 Å². The number of anilines is 1. The van der Waals surface area contributed by atoms with Crippen LogP contribution < -0.4 is 11.4 Å². The van der Waals surface area contributed by atoms with Crippen molar-refractivity contribution in [2.24, 2.45) is 5.92 Å². The SMILES string of the molecule is CC(C)C(=O)OC[C@H]1O[C@@H](n2ccc(N)nc2=O)[C@H](O)[C@@H]1O.Cl. The number of aliphatic hydroxyl groups excluding tert-OH is 2. The fraction of sp³-hybridized carbons (Fsp3) is 0.615. The highest BCUT2D eigenvalue weighted by Crippen LogP contribution is 2.28. The average Bonchev–Trinajstić information content (AvgIpc) is 2.73. The fourth-order valence-corrected chi connectivity index (χ4v) is 2.05. The topological polar surface area (TPSA) is 137 Å². The van der Waals surface area contributed by atoms with Gasteiger partial charge in [0.05, 0.1) is 5.92 Å². The lowest BCUT2D eigenvalue weighted by Gasteiger charge is -2.17. The van der Waals surface area contributed by atoms with Crippen LogP contribution >= 0.6 is 12.4 Å². The zero-order chi connectivity index (χ0) is 16.4. The largest absolute Gasteiger partial charge is 0.463 e. The van der Waals surface area contributed by atoms with Gasteiger partial charge < -0.3 is 25.4 Å². The number of nitrogens with two attached hydrogens (primary N) is 1. The van der Waals surface area contributed by atoms with Crippen LogP contribution in [0, 0.1) is 5.92 Å². The second kappa shape index (κ2) is 7.73. The van der Waals surface area contributed by atoms with Crippen LogP contribution in [0.15, 0.2) is 17.1 Å². The smallest absolute Gasteiger partial charge is 0.351 e. The van der Waals surface area contributed by atoms with Gasteiger partial charge in [-0.2, -0.15) is 4.98 Å². The Balaban J connectivity index is 0.00000264. The van der Waals surface area contributed by atoms with E-state index >= 15 is 0 Å². The molecule has 1 aliphatic rings. The third-order valence-electron chi connectivity index (χ3n) is 3.32. The Bertz CT molecular complexity index is 608. The number of ether oxygens (including phenoxy) is 2. The van der Waals surface area contributed by atoms with E-state index in [4.69, 9.17) is 15.2 Å². The summed E-state index contributed by atoms with van der Waals surface area (Å²) in [5.41, 5.74) is 4.68. The number of aliphatic hydroxyl groups is 2. The Morgan fingerprint density at radius 1 is 1.48 bits per heavy atom. The second-order valence-corrected chi connectivity index (χ2v) is 5.37. The molecule has 130 valence electrons. The molecule has 9 nitrogen and oxygen atoms in total. The van der Waals surface area contributed by atoms with Crippen LogP contribution in [-0.2, 0) is 14.3 Å². The lowest BCUT2D eigenvalue weighted by Crippen LogP contribution is -2.36. The molecule has 4 N–H and O–H groups in total. The Kier molecular flexibility index (Phi) is 6.51. The number of rotatable bonds is 4. The van der Waals surface area contributed by atoms with E-state index in [9.17, 15) is 19.8 Å². The standard InChI is InChI=1S/C13H19N3O6.ClH/c1-6(2)12(19)21-5-7-9(17)10(18)11(22-7)16-4-3-8(14)15-13(16)20;/h3-4,6-7,9-11,17-18H,5H2,1-2H3,(H2,14,15,20);1H/t7-,9-,10-,11-;/m1./s1. The van der Waals surface area contributed by atoms with Crippen molar-refractivity contribution >= 4 is 24.2 Å². The van der Waals surface area contributed by atoms with Crippen LogP contribution in [-0.4, -0.2) is 50.7 Å². The molecule has 4 atom stereocenters. The molecule has 1 aromatic rings. The summed E-state index contributed by atoms with van der Waals surface area (Å²) in [7, 11) is 0. The van der Waals surface area contributed by atoms with E-state index < -0.39 is 36.2 Å². The maximum absolute atomic E-state index is 11.8. The van der Waals surface area contributed by atoms with Gasteiger partial charge in [-0.3, -0.25) is 9.36 Å². The third kappa shape index (κ3) is 4.20. The van der Waals surface area contributed by atoms with Gasteiger partial charge in [-0.15, -0.1) is 12.4 Å². The van der Waals surface area contributed by atoms with Crippen LogP contribution in [0.4, 0.5) is 5.82 Å². The van der Waals surface area contributed by atoms with Gasteiger partial charge in [-0.25, -0.2) is 4.79 Å². The van der Waals surface area contributed by atoms with Crippen molar-refractivity contribution < 1.29 is 24.5 Å². The minimum Gasteiger partial charge on any atom is -0.463 e. The van der Waals surface area contributed by atoms with Gasteiger partial charge in [0.2, 0.25) is 0 Å². The van der Waals surface area contributed by atoms with E-state index in [1.54, 1.807) is 13.8 Å². The minimum atomic E-state index is -1.36. The highest BCUT2D eigenvalue weighted by atomic mass is 35.5. The highest BCUT2D eigenvalue weighted by molar-refractivity contribution is 5.85. The van der Waals surface area contributed by atoms with Crippen molar-refractivity contribution in [3.8, 4) is 0 Å². The Labute approximate surface area is 138 Å². The summed E-state index contributed by atoms with van der Waals surface area (Å²) in [6, 6.07) is 1.37. The summed E-state index contributed by atoms with van der Waals surface area (Å²) < 4.78 is 11.4. The van der Waals surface area contributed by atoms with Crippen molar-refractivity contribution in [3.63, 3.8) is 0 Å². The lowest BCUT2D eigenvalue weighted by molar-refractivity contribution is -0.153. The van der Waals surface area contributed by atoms with Gasteiger partial charge in [-0.05, 0) is 6.07 Å². The average molecular weight is 350 g/mol. The van der Waals surface area contributed by atoms with Gasteiger partial charge in [0, 0.05) is 6.20 Å². The molecule has 0 aliphatic carbocycles. The maximum atomic E-state index is 11.8. The minimum absolute atomic E-state index is 0. The lowest BCUT2D eigenvalue weighted by atomic mass is 10.1. The van der Waals surface area contributed by atoms with Crippen LogP contribution in [0.2, 0.25) is 0 Å². The van der Waals surface area contributed by atoms with Crippen LogP contribution in [0.5, 0.6) is 0 Å². The van der Waals surface area contributed by atoms with E-state index in [1.165, 1.54) is 12.3 Å². The van der Waals surface area contributed by atoms with Gasteiger partial charge >= 0.3 is 11.7 Å². The van der Waals surface area contributed by atoms with Crippen LogP contribution in [0.3, 0.4) is 0 Å². The molecule has 10 heteroatoms. The monoisotopic (exact) mass is 349 g/mol. The highest BCUT2D eigenvalue weighted by Gasteiger charge is 2.44. The van der Waals surface area contributed by atoms with E-state index in [2.05, 4.69) is 4.98 Å². The summed E-state index contributed by atoms with van der Waals surface area (Å²) in [6.07, 6.45) is -3.40. The first-order valence-corrected chi connectivity index (χ1v) is 6.84. The molecule has 0 spiro atoms. The molecule has 1 aliphatic heterocycles. The number of halogens is 1. The van der Waals surface area contributed by atoms with Crippen molar-refractivity contribution in [3.05, 3.63) is 22.7 Å². The Morgan fingerprint density at radius 2 is 2.13 bits per heavy atom. The molecule has 0 bridgehead atoms. The van der Waals surface area contributed by atoms with E-state index in [-0.39, 0.29) is 30.7 Å². The fourth-order valence-electron chi connectivity index (χ4n) is 2.05. The molecular formula is C13H20ClN3O6. The number of carbonyl (C=O) groups excluding carboxylic acids is 1. The summed E-state index contributed by atoms with van der Waals surface area (Å²) in [4.78, 5) is 26.7. The first-order chi connectivity index (χ1) is 10.3. The molecule has 23 heavy (non-hydrogen) atoms. The van der Waals surface area contributed by atoms with Crippen molar-refractivity contribution in [1.29, 1.82) is 0 Å². The molecule has 2 heterocycles. The molecule has 1 aromatic heterocycles. The predicted octanol–water partition coefficient (Wildman–Crippen LogP) is -0.934. The van der Waals surface area contributed by atoms with Gasteiger partial charge in [0.1, 0.15) is 30.7 Å². The zero-order valence-electron chi connectivity index (χ0n) is 12.7.